The van der Waals surface area contributed by atoms with Gasteiger partial charge in [-0.15, -0.1) is 0 Å². The summed E-state index contributed by atoms with van der Waals surface area (Å²) in [5, 5.41) is 0. The number of benzene rings is 1. The smallest absolute Gasteiger partial charge is 0.227 e. The van der Waals surface area contributed by atoms with Crippen molar-refractivity contribution in [2.24, 2.45) is 0 Å². The Morgan fingerprint density at radius 1 is 1.22 bits per heavy atom. The molecule has 2 saturated heterocycles. The monoisotopic (exact) mass is 316 g/mol. The van der Waals surface area contributed by atoms with Gasteiger partial charge in [-0.3, -0.25) is 4.79 Å². The summed E-state index contributed by atoms with van der Waals surface area (Å²) in [4.78, 5) is 17.4. The van der Waals surface area contributed by atoms with Crippen molar-refractivity contribution in [1.82, 2.24) is 9.80 Å². The quantitative estimate of drug-likeness (QED) is 0.856. The minimum Gasteiger partial charge on any atom is -0.496 e. The highest BCUT2D eigenvalue weighted by molar-refractivity contribution is 5.79. The number of methoxy groups -OCH3 is 1. The van der Waals surface area contributed by atoms with E-state index in [1.807, 2.05) is 25.1 Å². The maximum atomic E-state index is 12.8. The van der Waals surface area contributed by atoms with Crippen LogP contribution in [0.15, 0.2) is 18.2 Å². The Morgan fingerprint density at radius 2 is 1.96 bits per heavy atom. The van der Waals surface area contributed by atoms with E-state index in [0.717, 1.165) is 36.3 Å². The first-order valence-electron chi connectivity index (χ1n) is 8.73. The van der Waals surface area contributed by atoms with E-state index in [2.05, 4.69) is 16.8 Å². The van der Waals surface area contributed by atoms with Crippen LogP contribution in [0.2, 0.25) is 0 Å². The van der Waals surface area contributed by atoms with Gasteiger partial charge in [-0.2, -0.15) is 0 Å². The molecule has 4 heteroatoms. The van der Waals surface area contributed by atoms with E-state index in [9.17, 15) is 4.79 Å². The third-order valence-electron chi connectivity index (χ3n) is 5.47. The van der Waals surface area contributed by atoms with Gasteiger partial charge in [0.05, 0.1) is 13.5 Å². The normalized spacial score (nSPS) is 25.1. The number of rotatable bonds is 4. The van der Waals surface area contributed by atoms with Crippen LogP contribution in [0.5, 0.6) is 5.75 Å². The molecular formula is C19H28N2O2. The number of carbonyl (C=O) groups is 1. The third-order valence-corrected chi connectivity index (χ3v) is 5.47. The highest BCUT2D eigenvalue weighted by Crippen LogP contribution is 2.29. The van der Waals surface area contributed by atoms with Gasteiger partial charge in [-0.1, -0.05) is 12.1 Å². The minimum atomic E-state index is 0.263. The van der Waals surface area contributed by atoms with Crippen LogP contribution in [0, 0.1) is 6.92 Å². The molecule has 0 unspecified atom stereocenters. The Bertz CT molecular complexity index is 572. The summed E-state index contributed by atoms with van der Waals surface area (Å²) in [6, 6.07) is 7.03. The summed E-state index contributed by atoms with van der Waals surface area (Å²) in [5.41, 5.74) is 2.15. The van der Waals surface area contributed by atoms with Gasteiger partial charge < -0.3 is 14.5 Å². The summed E-state index contributed by atoms with van der Waals surface area (Å²) in [6.45, 7) is 4.10. The molecule has 0 bridgehead atoms. The highest BCUT2D eigenvalue weighted by atomic mass is 16.5. The summed E-state index contributed by atoms with van der Waals surface area (Å²) in [5.74, 6) is 1.13. The van der Waals surface area contributed by atoms with E-state index in [1.165, 1.54) is 19.4 Å². The van der Waals surface area contributed by atoms with Gasteiger partial charge in [0.15, 0.2) is 0 Å². The van der Waals surface area contributed by atoms with Gasteiger partial charge in [0, 0.05) is 18.6 Å². The van der Waals surface area contributed by atoms with Crippen molar-refractivity contribution in [2.75, 3.05) is 27.2 Å². The summed E-state index contributed by atoms with van der Waals surface area (Å²) >= 11 is 0. The van der Waals surface area contributed by atoms with E-state index < -0.39 is 0 Å². The maximum Gasteiger partial charge on any atom is 0.227 e. The Balaban J connectivity index is 1.69. The fourth-order valence-electron chi connectivity index (χ4n) is 4.17. The first-order valence-corrected chi connectivity index (χ1v) is 8.73. The lowest BCUT2D eigenvalue weighted by Crippen LogP contribution is -2.47. The largest absolute Gasteiger partial charge is 0.496 e. The molecule has 2 aliphatic heterocycles. The second-order valence-electron chi connectivity index (χ2n) is 6.97. The Morgan fingerprint density at radius 3 is 2.65 bits per heavy atom. The molecule has 0 aromatic heterocycles. The van der Waals surface area contributed by atoms with Crippen LogP contribution < -0.4 is 4.74 Å². The molecule has 2 atom stereocenters. The number of nitrogens with zero attached hydrogens (tertiary/aromatic N) is 2. The summed E-state index contributed by atoms with van der Waals surface area (Å²) in [7, 11) is 3.88. The molecular weight excluding hydrogens is 288 g/mol. The third kappa shape index (κ3) is 3.37. The Hall–Kier alpha value is -1.55. The molecule has 0 aliphatic carbocycles. The lowest BCUT2D eigenvalue weighted by molar-refractivity contribution is -0.132. The molecule has 1 amide bonds. The number of amides is 1. The van der Waals surface area contributed by atoms with Crippen molar-refractivity contribution < 1.29 is 9.53 Å². The molecule has 0 saturated carbocycles. The molecule has 2 heterocycles. The lowest BCUT2D eigenvalue weighted by Gasteiger charge is -2.33. The van der Waals surface area contributed by atoms with Gasteiger partial charge in [0.25, 0.3) is 0 Å². The first-order chi connectivity index (χ1) is 11.1. The Labute approximate surface area is 139 Å². The van der Waals surface area contributed by atoms with Crippen LogP contribution in [0.1, 0.15) is 36.8 Å². The number of likely N-dealkylation sites (tertiary alicyclic amines) is 2. The number of aryl methyl sites for hydroxylation is 1. The molecule has 0 N–H and O–H groups in total. The van der Waals surface area contributed by atoms with E-state index in [4.69, 9.17) is 4.74 Å². The maximum absolute atomic E-state index is 12.8. The van der Waals surface area contributed by atoms with Crippen molar-refractivity contribution >= 4 is 5.91 Å². The van der Waals surface area contributed by atoms with E-state index >= 15 is 0 Å². The molecule has 23 heavy (non-hydrogen) atoms. The number of likely N-dealkylation sites (N-methyl/N-ethyl adjacent to an activating group) is 1. The topological polar surface area (TPSA) is 32.8 Å². The fourth-order valence-corrected chi connectivity index (χ4v) is 4.17. The number of ether oxygens (including phenoxy) is 1. The predicted molar refractivity (Wildman–Crippen MR) is 91.8 cm³/mol. The van der Waals surface area contributed by atoms with Crippen LogP contribution in [0.3, 0.4) is 0 Å². The van der Waals surface area contributed by atoms with Crippen molar-refractivity contribution in [3.63, 3.8) is 0 Å². The zero-order valence-electron chi connectivity index (χ0n) is 14.5. The van der Waals surface area contributed by atoms with Crippen molar-refractivity contribution in [2.45, 2.75) is 51.1 Å². The molecule has 2 aliphatic rings. The van der Waals surface area contributed by atoms with E-state index in [1.54, 1.807) is 7.11 Å². The lowest BCUT2D eigenvalue weighted by atomic mass is 10.0. The second kappa shape index (κ2) is 6.91. The minimum absolute atomic E-state index is 0.263. The van der Waals surface area contributed by atoms with Gasteiger partial charge in [0.1, 0.15) is 5.75 Å². The van der Waals surface area contributed by atoms with E-state index in [0.29, 0.717) is 18.5 Å². The molecule has 1 aromatic rings. The molecule has 4 nitrogen and oxygen atoms in total. The zero-order chi connectivity index (χ0) is 16.4. The van der Waals surface area contributed by atoms with Crippen LogP contribution in [-0.2, 0) is 11.2 Å². The highest BCUT2D eigenvalue weighted by Gasteiger charge is 2.38. The molecule has 126 valence electrons. The van der Waals surface area contributed by atoms with Gasteiger partial charge in [0.2, 0.25) is 5.91 Å². The molecule has 0 radical (unpaired) electrons. The van der Waals surface area contributed by atoms with Crippen LogP contribution >= 0.6 is 0 Å². The molecule has 1 aromatic carbocycles. The van der Waals surface area contributed by atoms with Crippen molar-refractivity contribution in [3.05, 3.63) is 29.3 Å². The fraction of sp³-hybridized carbons (Fsp3) is 0.632. The van der Waals surface area contributed by atoms with Crippen molar-refractivity contribution in [1.29, 1.82) is 0 Å². The van der Waals surface area contributed by atoms with Crippen molar-refractivity contribution in [3.8, 4) is 5.75 Å². The second-order valence-corrected chi connectivity index (χ2v) is 6.97. The number of carbonyl (C=O) groups excluding carboxylic acids is 1. The predicted octanol–water partition coefficient (Wildman–Crippen LogP) is 2.63. The molecule has 2 fully saturated rings. The van der Waals surface area contributed by atoms with Gasteiger partial charge in [-0.25, -0.2) is 0 Å². The summed E-state index contributed by atoms with van der Waals surface area (Å²) in [6.07, 6.45) is 5.25. The molecule has 0 spiro atoms. The van der Waals surface area contributed by atoms with Crippen LogP contribution in [0.25, 0.3) is 0 Å². The van der Waals surface area contributed by atoms with Crippen LogP contribution in [-0.4, -0.2) is 55.0 Å². The average molecular weight is 316 g/mol. The summed E-state index contributed by atoms with van der Waals surface area (Å²) < 4.78 is 5.38. The first kappa shape index (κ1) is 16.3. The average Bonchev–Trinajstić information content (AvgIpc) is 3.17. The number of hydrogen-bond acceptors (Lipinski definition) is 3. The van der Waals surface area contributed by atoms with Crippen LogP contribution in [0.4, 0.5) is 0 Å². The Kier molecular flexibility index (Phi) is 4.90. The van der Waals surface area contributed by atoms with Gasteiger partial charge in [-0.05, 0) is 63.4 Å². The van der Waals surface area contributed by atoms with E-state index in [-0.39, 0.29) is 5.91 Å². The standard InChI is InChI=1S/C19H28N2O2/c1-14-8-9-15(12-18(14)23-3)13-19(22)21-11-5-7-17(21)16-6-4-10-20(16)2/h8-9,12,16-17H,4-7,10-11,13H2,1-3H3/t16-,17-/m0/s1. The SMILES string of the molecule is COc1cc(CC(=O)N2CCC[C@H]2[C@@H]2CCCN2C)ccc1C. The zero-order valence-corrected chi connectivity index (χ0v) is 14.5. The van der Waals surface area contributed by atoms with Gasteiger partial charge >= 0.3 is 0 Å². The number of hydrogen-bond donors (Lipinski definition) is 0. The molecule has 3 rings (SSSR count).